The van der Waals surface area contributed by atoms with Crippen LogP contribution in [0.25, 0.3) is 5.69 Å². The second kappa shape index (κ2) is 9.54. The first-order valence-corrected chi connectivity index (χ1v) is 11.2. The Morgan fingerprint density at radius 1 is 0.909 bits per heavy atom. The lowest BCUT2D eigenvalue weighted by molar-refractivity contribution is 0.622. The third-order valence-corrected chi connectivity index (χ3v) is 5.98. The number of para-hydroxylation sites is 1. The Labute approximate surface area is 198 Å². The summed E-state index contributed by atoms with van der Waals surface area (Å²) in [6.07, 6.45) is 0. The lowest BCUT2D eigenvalue weighted by Gasteiger charge is -2.12. The number of aromatic nitrogens is 4. The molecule has 0 spiro atoms. The highest BCUT2D eigenvalue weighted by Crippen LogP contribution is 2.21. The van der Waals surface area contributed by atoms with Crippen molar-refractivity contribution in [3.63, 3.8) is 0 Å². The largest absolute Gasteiger partial charge is 0.358 e. The van der Waals surface area contributed by atoms with E-state index in [1.165, 1.54) is 12.1 Å². The van der Waals surface area contributed by atoms with Crippen LogP contribution in [0, 0.1) is 33.5 Å². The van der Waals surface area contributed by atoms with Gasteiger partial charge in [0.15, 0.2) is 5.11 Å². The van der Waals surface area contributed by atoms with E-state index in [1.54, 1.807) is 12.1 Å². The second-order valence-corrected chi connectivity index (χ2v) is 8.44. The SMILES string of the molecule is Cc1nn(-c2ccccc2)c(C)c1CNC(=S)Nc1c(C)nn(Cc2ccc(F)cc2)c1C. The molecule has 0 aliphatic heterocycles. The van der Waals surface area contributed by atoms with E-state index in [9.17, 15) is 4.39 Å². The van der Waals surface area contributed by atoms with Gasteiger partial charge in [0, 0.05) is 17.8 Å². The van der Waals surface area contributed by atoms with Crippen molar-refractivity contribution in [3.8, 4) is 5.69 Å². The predicted octanol–water partition coefficient (Wildman–Crippen LogP) is 4.98. The van der Waals surface area contributed by atoms with Crippen molar-refractivity contribution >= 4 is 23.0 Å². The Morgan fingerprint density at radius 3 is 2.30 bits per heavy atom. The first-order chi connectivity index (χ1) is 15.8. The molecule has 0 bridgehead atoms. The Morgan fingerprint density at radius 2 is 1.61 bits per heavy atom. The summed E-state index contributed by atoms with van der Waals surface area (Å²) in [5.74, 6) is -0.245. The monoisotopic (exact) mass is 462 g/mol. The third-order valence-electron chi connectivity index (χ3n) is 5.73. The van der Waals surface area contributed by atoms with Crippen LogP contribution in [0.1, 0.15) is 33.9 Å². The van der Waals surface area contributed by atoms with Crippen LogP contribution >= 0.6 is 12.2 Å². The van der Waals surface area contributed by atoms with E-state index in [0.717, 1.165) is 45.3 Å². The van der Waals surface area contributed by atoms with Gasteiger partial charge in [-0.2, -0.15) is 10.2 Å². The molecule has 4 aromatic rings. The van der Waals surface area contributed by atoms with Crippen LogP contribution in [0.2, 0.25) is 0 Å². The van der Waals surface area contributed by atoms with Gasteiger partial charge < -0.3 is 10.6 Å². The second-order valence-electron chi connectivity index (χ2n) is 8.03. The summed E-state index contributed by atoms with van der Waals surface area (Å²) in [4.78, 5) is 0. The van der Waals surface area contributed by atoms with Gasteiger partial charge in [0.05, 0.1) is 35.0 Å². The van der Waals surface area contributed by atoms with Gasteiger partial charge in [0.25, 0.3) is 0 Å². The fraction of sp³-hybridized carbons (Fsp3) is 0.240. The van der Waals surface area contributed by atoms with E-state index in [4.69, 9.17) is 17.3 Å². The van der Waals surface area contributed by atoms with E-state index in [0.29, 0.717) is 18.2 Å². The van der Waals surface area contributed by atoms with Gasteiger partial charge in [-0.3, -0.25) is 4.68 Å². The van der Waals surface area contributed by atoms with Crippen LogP contribution in [0.3, 0.4) is 0 Å². The predicted molar refractivity (Wildman–Crippen MR) is 133 cm³/mol. The molecule has 0 saturated carbocycles. The number of nitrogens with zero attached hydrogens (tertiary/aromatic N) is 4. The molecular formula is C25H27FN6S. The van der Waals surface area contributed by atoms with Crippen LogP contribution < -0.4 is 10.6 Å². The Balaban J connectivity index is 1.43. The Hall–Kier alpha value is -3.52. The zero-order valence-corrected chi connectivity index (χ0v) is 20.0. The molecule has 0 radical (unpaired) electrons. The maximum atomic E-state index is 13.2. The number of halogens is 1. The molecule has 4 rings (SSSR count). The van der Waals surface area contributed by atoms with Crippen molar-refractivity contribution in [1.82, 2.24) is 24.9 Å². The summed E-state index contributed by atoms with van der Waals surface area (Å²) in [5, 5.41) is 16.4. The van der Waals surface area contributed by atoms with Crippen LogP contribution in [0.4, 0.5) is 10.1 Å². The van der Waals surface area contributed by atoms with Gasteiger partial charge in [-0.05, 0) is 69.7 Å². The number of aryl methyl sites for hydroxylation is 2. The van der Waals surface area contributed by atoms with E-state index < -0.39 is 0 Å². The Bertz CT molecular complexity index is 1270. The van der Waals surface area contributed by atoms with Crippen LogP contribution in [-0.4, -0.2) is 24.7 Å². The smallest absolute Gasteiger partial charge is 0.171 e. The molecule has 2 N–H and O–H groups in total. The Kier molecular flexibility index (Phi) is 6.55. The van der Waals surface area contributed by atoms with Crippen molar-refractivity contribution in [2.75, 3.05) is 5.32 Å². The standard InChI is InChI=1S/C25H27FN6S/c1-16-23(18(3)32(30-16)22-8-6-5-7-9-22)14-27-25(33)28-24-17(2)29-31(19(24)4)15-20-10-12-21(26)13-11-20/h5-13H,14-15H2,1-4H3,(H2,27,28,33). The quantitative estimate of drug-likeness (QED) is 0.396. The fourth-order valence-electron chi connectivity index (χ4n) is 3.87. The molecule has 33 heavy (non-hydrogen) atoms. The number of anilines is 1. The first kappa shape index (κ1) is 22.7. The lowest BCUT2D eigenvalue weighted by atomic mass is 10.2. The maximum absolute atomic E-state index is 13.2. The molecule has 0 saturated heterocycles. The average molecular weight is 463 g/mol. The van der Waals surface area contributed by atoms with Gasteiger partial charge >= 0.3 is 0 Å². The molecule has 2 heterocycles. The van der Waals surface area contributed by atoms with Crippen LogP contribution in [-0.2, 0) is 13.1 Å². The molecule has 0 atom stereocenters. The maximum Gasteiger partial charge on any atom is 0.171 e. The normalized spacial score (nSPS) is 10.9. The number of hydrogen-bond acceptors (Lipinski definition) is 3. The molecule has 0 fully saturated rings. The van der Waals surface area contributed by atoms with Crippen LogP contribution in [0.15, 0.2) is 54.6 Å². The van der Waals surface area contributed by atoms with Gasteiger partial charge in [-0.1, -0.05) is 30.3 Å². The van der Waals surface area contributed by atoms with Gasteiger partial charge in [-0.25, -0.2) is 9.07 Å². The van der Waals surface area contributed by atoms with Gasteiger partial charge in [0.1, 0.15) is 5.82 Å². The van der Waals surface area contributed by atoms with Crippen molar-refractivity contribution < 1.29 is 4.39 Å². The van der Waals surface area contributed by atoms with Gasteiger partial charge in [-0.15, -0.1) is 0 Å². The molecule has 6 nitrogen and oxygen atoms in total. The van der Waals surface area contributed by atoms with E-state index in [1.807, 2.05) is 60.5 Å². The van der Waals surface area contributed by atoms with E-state index in [2.05, 4.69) is 22.7 Å². The van der Waals surface area contributed by atoms with Crippen molar-refractivity contribution in [1.29, 1.82) is 0 Å². The summed E-state index contributed by atoms with van der Waals surface area (Å²) in [5.41, 5.74) is 7.86. The summed E-state index contributed by atoms with van der Waals surface area (Å²) in [6.45, 7) is 9.13. The molecule has 0 aliphatic rings. The molecule has 2 aromatic heterocycles. The summed E-state index contributed by atoms with van der Waals surface area (Å²) in [7, 11) is 0. The van der Waals surface area contributed by atoms with Crippen molar-refractivity contribution in [2.45, 2.75) is 40.8 Å². The van der Waals surface area contributed by atoms with Gasteiger partial charge in [0.2, 0.25) is 0 Å². The molecule has 170 valence electrons. The minimum absolute atomic E-state index is 0.245. The highest BCUT2D eigenvalue weighted by atomic mass is 32.1. The molecule has 8 heteroatoms. The number of nitrogens with one attached hydrogen (secondary N) is 2. The zero-order chi connectivity index (χ0) is 23.5. The van der Waals surface area contributed by atoms with E-state index >= 15 is 0 Å². The number of thiocarbonyl (C=S) groups is 1. The highest BCUT2D eigenvalue weighted by molar-refractivity contribution is 7.80. The lowest BCUT2D eigenvalue weighted by Crippen LogP contribution is -2.28. The highest BCUT2D eigenvalue weighted by Gasteiger charge is 2.15. The fourth-order valence-corrected chi connectivity index (χ4v) is 4.05. The first-order valence-electron chi connectivity index (χ1n) is 10.8. The van der Waals surface area contributed by atoms with E-state index in [-0.39, 0.29) is 5.82 Å². The number of hydrogen-bond donors (Lipinski definition) is 2. The van der Waals surface area contributed by atoms with Crippen molar-refractivity contribution in [3.05, 3.63) is 94.3 Å². The molecular weight excluding hydrogens is 435 g/mol. The van der Waals surface area contributed by atoms with Crippen molar-refractivity contribution in [2.24, 2.45) is 0 Å². The average Bonchev–Trinajstić information content (AvgIpc) is 3.23. The minimum Gasteiger partial charge on any atom is -0.358 e. The summed E-state index contributed by atoms with van der Waals surface area (Å²) >= 11 is 5.57. The third kappa shape index (κ3) is 4.96. The zero-order valence-electron chi connectivity index (χ0n) is 19.2. The molecule has 2 aromatic carbocycles. The summed E-state index contributed by atoms with van der Waals surface area (Å²) < 4.78 is 17.0. The number of rotatable bonds is 6. The summed E-state index contributed by atoms with van der Waals surface area (Å²) in [6, 6.07) is 16.5. The number of benzene rings is 2. The minimum atomic E-state index is -0.245. The van der Waals surface area contributed by atoms with Crippen LogP contribution in [0.5, 0.6) is 0 Å². The topological polar surface area (TPSA) is 59.7 Å². The molecule has 0 aliphatic carbocycles. The molecule has 0 unspecified atom stereocenters. The molecule has 0 amide bonds.